The van der Waals surface area contributed by atoms with Crippen molar-refractivity contribution >= 4 is 17.3 Å². The summed E-state index contributed by atoms with van der Waals surface area (Å²) in [6, 6.07) is 2.13. The van der Waals surface area contributed by atoms with Gasteiger partial charge in [-0.25, -0.2) is 4.98 Å². The number of fused-ring (bicyclic) bond motifs is 1. The van der Waals surface area contributed by atoms with Crippen LogP contribution in [0.1, 0.15) is 24.7 Å². The summed E-state index contributed by atoms with van der Waals surface area (Å²) in [6.07, 6.45) is 4.94. The average Bonchev–Trinajstić information content (AvgIpc) is 3.34. The number of aliphatic carboxylic acids is 1. The van der Waals surface area contributed by atoms with E-state index in [0.29, 0.717) is 13.1 Å². The molecule has 4 heterocycles. The van der Waals surface area contributed by atoms with E-state index in [1.54, 1.807) is 11.3 Å². The molecular weight excluding hydrogens is 348 g/mol. The Kier molecular flexibility index (Phi) is 4.86. The Balaban J connectivity index is 1.45. The topological polar surface area (TPSA) is 61.6 Å². The molecular formula is C19H26N4O2S. The first-order chi connectivity index (χ1) is 12.6. The molecule has 7 heteroatoms. The summed E-state index contributed by atoms with van der Waals surface area (Å²) in [7, 11) is 0. The first-order valence-corrected chi connectivity index (χ1v) is 10.2. The van der Waals surface area contributed by atoms with Crippen LogP contribution in [-0.2, 0) is 24.4 Å². The van der Waals surface area contributed by atoms with E-state index in [9.17, 15) is 9.90 Å². The molecule has 140 valence electrons. The third-order valence-electron chi connectivity index (χ3n) is 5.79. The van der Waals surface area contributed by atoms with Crippen LogP contribution >= 0.6 is 11.3 Å². The van der Waals surface area contributed by atoms with E-state index >= 15 is 0 Å². The highest BCUT2D eigenvalue weighted by atomic mass is 32.1. The number of carboxylic acid groups (broad SMARTS) is 1. The molecule has 2 fully saturated rings. The van der Waals surface area contributed by atoms with Crippen molar-refractivity contribution in [2.75, 3.05) is 26.2 Å². The number of likely N-dealkylation sites (tertiary alicyclic amines) is 2. The molecule has 0 aliphatic carbocycles. The zero-order valence-electron chi connectivity index (χ0n) is 15.2. The Bertz CT molecular complexity index is 759. The molecule has 2 aromatic rings. The predicted molar refractivity (Wildman–Crippen MR) is 101 cm³/mol. The molecule has 4 rings (SSSR count). The summed E-state index contributed by atoms with van der Waals surface area (Å²) in [5.74, 6) is 0.588. The molecule has 2 atom stereocenters. The van der Waals surface area contributed by atoms with Gasteiger partial charge in [0.1, 0.15) is 5.82 Å². The Morgan fingerprint density at radius 2 is 2.12 bits per heavy atom. The maximum absolute atomic E-state index is 12.2. The van der Waals surface area contributed by atoms with Crippen LogP contribution in [-0.4, -0.2) is 56.6 Å². The minimum atomic E-state index is -0.644. The number of rotatable bonds is 7. The molecule has 2 saturated heterocycles. The third-order valence-corrected chi connectivity index (χ3v) is 6.53. The zero-order valence-corrected chi connectivity index (χ0v) is 16.0. The van der Waals surface area contributed by atoms with Crippen LogP contribution in [0.5, 0.6) is 0 Å². The highest BCUT2D eigenvalue weighted by Gasteiger charge is 2.57. The van der Waals surface area contributed by atoms with E-state index in [4.69, 9.17) is 0 Å². The van der Waals surface area contributed by atoms with E-state index < -0.39 is 11.4 Å². The summed E-state index contributed by atoms with van der Waals surface area (Å²) in [6.45, 7) is 7.68. The van der Waals surface area contributed by atoms with Gasteiger partial charge in [0, 0.05) is 57.6 Å². The van der Waals surface area contributed by atoms with Crippen molar-refractivity contribution in [3.8, 4) is 0 Å². The zero-order chi connectivity index (χ0) is 18.1. The minimum Gasteiger partial charge on any atom is -0.481 e. The quantitative estimate of drug-likeness (QED) is 0.806. The summed E-state index contributed by atoms with van der Waals surface area (Å²) >= 11 is 1.70. The molecule has 0 unspecified atom stereocenters. The molecule has 0 bridgehead atoms. The molecule has 6 nitrogen and oxygen atoms in total. The van der Waals surface area contributed by atoms with Crippen molar-refractivity contribution in [2.24, 2.45) is 11.3 Å². The first kappa shape index (κ1) is 17.7. The van der Waals surface area contributed by atoms with E-state index in [1.165, 1.54) is 5.56 Å². The van der Waals surface area contributed by atoms with Gasteiger partial charge in [0.15, 0.2) is 0 Å². The van der Waals surface area contributed by atoms with Gasteiger partial charge >= 0.3 is 5.97 Å². The number of aromatic nitrogens is 2. The fourth-order valence-corrected chi connectivity index (χ4v) is 5.25. The van der Waals surface area contributed by atoms with E-state index in [2.05, 4.69) is 43.1 Å². The maximum atomic E-state index is 12.2. The maximum Gasteiger partial charge on any atom is 0.312 e. The summed E-state index contributed by atoms with van der Waals surface area (Å²) < 4.78 is 2.18. The van der Waals surface area contributed by atoms with Crippen molar-refractivity contribution in [3.63, 3.8) is 0 Å². The number of hydrogen-bond acceptors (Lipinski definition) is 5. The van der Waals surface area contributed by atoms with Crippen molar-refractivity contribution in [1.29, 1.82) is 0 Å². The summed E-state index contributed by atoms with van der Waals surface area (Å²) in [5.41, 5.74) is 0.645. The highest BCUT2D eigenvalue weighted by Crippen LogP contribution is 2.43. The molecule has 2 aromatic heterocycles. The van der Waals surface area contributed by atoms with Gasteiger partial charge in [-0.05, 0) is 28.8 Å². The molecule has 0 aromatic carbocycles. The van der Waals surface area contributed by atoms with Crippen LogP contribution in [0.2, 0.25) is 0 Å². The van der Waals surface area contributed by atoms with Crippen LogP contribution in [0.4, 0.5) is 0 Å². The molecule has 2 aliphatic rings. The molecule has 2 aliphatic heterocycles. The van der Waals surface area contributed by atoms with Crippen molar-refractivity contribution in [2.45, 2.75) is 33.0 Å². The Morgan fingerprint density at radius 1 is 1.35 bits per heavy atom. The second-order valence-electron chi connectivity index (χ2n) is 7.67. The van der Waals surface area contributed by atoms with E-state index in [0.717, 1.165) is 45.0 Å². The fraction of sp³-hybridized carbons (Fsp3) is 0.579. The van der Waals surface area contributed by atoms with Crippen molar-refractivity contribution in [3.05, 3.63) is 40.6 Å². The van der Waals surface area contributed by atoms with Gasteiger partial charge in [-0.3, -0.25) is 14.6 Å². The molecule has 26 heavy (non-hydrogen) atoms. The van der Waals surface area contributed by atoms with Gasteiger partial charge in [-0.2, -0.15) is 11.3 Å². The van der Waals surface area contributed by atoms with Gasteiger partial charge < -0.3 is 9.67 Å². The number of carbonyl (C=O) groups is 1. The number of nitrogens with zero attached hydrogens (tertiary/aromatic N) is 4. The first-order valence-electron chi connectivity index (χ1n) is 9.30. The molecule has 0 spiro atoms. The van der Waals surface area contributed by atoms with Crippen LogP contribution in [0.25, 0.3) is 0 Å². The lowest BCUT2D eigenvalue weighted by molar-refractivity contribution is -0.149. The molecule has 0 saturated carbocycles. The minimum absolute atomic E-state index is 0.188. The van der Waals surface area contributed by atoms with Crippen LogP contribution in [0, 0.1) is 11.3 Å². The molecule has 0 amide bonds. The monoisotopic (exact) mass is 374 g/mol. The SMILES string of the molecule is CCCn1ccnc1CN1C[C@H]2CN(Cc3ccsc3)C[C@@]2(C(=O)O)C1. The molecule has 1 N–H and O–H groups in total. The lowest BCUT2D eigenvalue weighted by Gasteiger charge is -2.25. The van der Waals surface area contributed by atoms with Gasteiger partial charge in [0.2, 0.25) is 0 Å². The third kappa shape index (κ3) is 3.19. The normalized spacial score (nSPS) is 26.4. The lowest BCUT2D eigenvalue weighted by Crippen LogP contribution is -2.40. The highest BCUT2D eigenvalue weighted by molar-refractivity contribution is 7.07. The second-order valence-corrected chi connectivity index (χ2v) is 8.45. The van der Waals surface area contributed by atoms with Gasteiger partial charge in [0.05, 0.1) is 12.0 Å². The van der Waals surface area contributed by atoms with Gasteiger partial charge in [-0.1, -0.05) is 6.92 Å². The van der Waals surface area contributed by atoms with Gasteiger partial charge in [-0.15, -0.1) is 0 Å². The largest absolute Gasteiger partial charge is 0.481 e. The number of hydrogen-bond donors (Lipinski definition) is 1. The van der Waals surface area contributed by atoms with E-state index in [-0.39, 0.29) is 5.92 Å². The van der Waals surface area contributed by atoms with Crippen LogP contribution in [0.15, 0.2) is 29.2 Å². The summed E-state index contributed by atoms with van der Waals surface area (Å²) in [5, 5.41) is 14.3. The number of thiophene rings is 1. The average molecular weight is 375 g/mol. The van der Waals surface area contributed by atoms with Crippen LogP contribution < -0.4 is 0 Å². The van der Waals surface area contributed by atoms with E-state index in [1.807, 2.05) is 12.4 Å². The van der Waals surface area contributed by atoms with Crippen molar-refractivity contribution in [1.82, 2.24) is 19.4 Å². The van der Waals surface area contributed by atoms with Crippen molar-refractivity contribution < 1.29 is 9.90 Å². The Labute approximate surface area is 158 Å². The lowest BCUT2D eigenvalue weighted by atomic mass is 9.81. The predicted octanol–water partition coefficient (Wildman–Crippen LogP) is 2.37. The standard InChI is InChI=1S/C19H26N4O2S/c1-2-5-23-6-4-20-17(23)11-22-10-16-9-21(8-15-3-7-26-12-15)13-19(16,14-22)18(24)25/h3-4,6-7,12,16H,2,5,8-11,13-14H2,1H3,(H,24,25)/t16-,19-/m1/s1. The summed E-state index contributed by atoms with van der Waals surface area (Å²) in [4.78, 5) is 21.3. The Morgan fingerprint density at radius 3 is 2.73 bits per heavy atom. The second kappa shape index (κ2) is 7.13. The molecule has 0 radical (unpaired) electrons. The number of aryl methyl sites for hydroxylation is 1. The number of carboxylic acids is 1. The Hall–Kier alpha value is -1.70. The fourth-order valence-electron chi connectivity index (χ4n) is 4.59. The number of imidazole rings is 1. The smallest absolute Gasteiger partial charge is 0.312 e. The van der Waals surface area contributed by atoms with Crippen LogP contribution in [0.3, 0.4) is 0 Å². The van der Waals surface area contributed by atoms with Gasteiger partial charge in [0.25, 0.3) is 0 Å².